The van der Waals surface area contributed by atoms with Gasteiger partial charge in [-0.25, -0.2) is 9.18 Å². The van der Waals surface area contributed by atoms with Gasteiger partial charge in [0.1, 0.15) is 5.82 Å². The Labute approximate surface area is 118 Å². The molecular weight excluding hydrogens is 257 g/mol. The summed E-state index contributed by atoms with van der Waals surface area (Å²) in [5.74, 6) is 0.662. The van der Waals surface area contributed by atoms with Crippen molar-refractivity contribution in [2.45, 2.75) is 25.7 Å². The first-order valence-corrected chi connectivity index (χ1v) is 7.29. The number of para-hydroxylation sites is 1. The normalized spacial score (nSPS) is 27.8. The number of carboxylic acids is 1. The van der Waals surface area contributed by atoms with Crippen molar-refractivity contribution in [2.24, 2.45) is 17.8 Å². The first-order chi connectivity index (χ1) is 9.56. The van der Waals surface area contributed by atoms with Gasteiger partial charge in [0.05, 0.1) is 11.3 Å². The predicted molar refractivity (Wildman–Crippen MR) is 75.6 cm³/mol. The zero-order valence-electron chi connectivity index (χ0n) is 11.7. The first-order valence-electron chi connectivity index (χ1n) is 7.29. The van der Waals surface area contributed by atoms with Gasteiger partial charge >= 0.3 is 5.97 Å². The molecule has 3 atom stereocenters. The van der Waals surface area contributed by atoms with Crippen molar-refractivity contribution >= 4 is 11.7 Å². The fraction of sp³-hybridized carbons (Fsp3) is 0.562. The Balaban J connectivity index is 1.80. The molecule has 0 saturated heterocycles. The van der Waals surface area contributed by atoms with Crippen molar-refractivity contribution in [3.05, 3.63) is 29.6 Å². The van der Waals surface area contributed by atoms with Gasteiger partial charge in [0.15, 0.2) is 0 Å². The number of hydrogen-bond acceptors (Lipinski definition) is 2. The number of benzene rings is 1. The fourth-order valence-corrected chi connectivity index (χ4v) is 4.12. The Hall–Kier alpha value is -1.58. The standard InChI is InChI=1S/C16H20FNO2/c1-18(9-12-8-10-5-6-11(12)7-10)15-13(16(19)20)3-2-4-14(15)17/h2-4,10-12H,5-9H2,1H3,(H,19,20). The Morgan fingerprint density at radius 1 is 1.40 bits per heavy atom. The zero-order valence-corrected chi connectivity index (χ0v) is 11.7. The van der Waals surface area contributed by atoms with E-state index in [0.29, 0.717) is 5.92 Å². The van der Waals surface area contributed by atoms with Gasteiger partial charge in [-0.1, -0.05) is 12.5 Å². The number of nitrogens with zero attached hydrogens (tertiary/aromatic N) is 1. The number of carboxylic acid groups (broad SMARTS) is 1. The van der Waals surface area contributed by atoms with E-state index in [-0.39, 0.29) is 11.3 Å². The molecule has 0 heterocycles. The summed E-state index contributed by atoms with van der Waals surface area (Å²) in [5.41, 5.74) is 0.276. The second kappa shape index (κ2) is 5.08. The van der Waals surface area contributed by atoms with Crippen molar-refractivity contribution in [1.82, 2.24) is 0 Å². The number of rotatable bonds is 4. The molecule has 3 unspecified atom stereocenters. The lowest BCUT2D eigenvalue weighted by Gasteiger charge is -2.29. The number of aromatic carboxylic acids is 1. The van der Waals surface area contributed by atoms with Crippen molar-refractivity contribution in [3.63, 3.8) is 0 Å². The van der Waals surface area contributed by atoms with Gasteiger partial charge in [0, 0.05) is 13.6 Å². The Kier molecular flexibility index (Phi) is 3.40. The molecule has 1 aromatic carbocycles. The minimum absolute atomic E-state index is 0.0515. The minimum atomic E-state index is -1.07. The highest BCUT2D eigenvalue weighted by Crippen LogP contribution is 2.48. The molecule has 1 N–H and O–H groups in total. The Bertz CT molecular complexity index is 531. The van der Waals surface area contributed by atoms with Crippen LogP contribution in [0, 0.1) is 23.6 Å². The van der Waals surface area contributed by atoms with Crippen LogP contribution in [0.1, 0.15) is 36.0 Å². The van der Waals surface area contributed by atoms with Crippen molar-refractivity contribution in [3.8, 4) is 0 Å². The van der Waals surface area contributed by atoms with Crippen LogP contribution >= 0.6 is 0 Å². The topological polar surface area (TPSA) is 40.5 Å². The summed E-state index contributed by atoms with van der Waals surface area (Å²) in [6.07, 6.45) is 5.14. The predicted octanol–water partition coefficient (Wildman–Crippen LogP) is 3.40. The van der Waals surface area contributed by atoms with Crippen LogP contribution in [-0.2, 0) is 0 Å². The van der Waals surface area contributed by atoms with Gasteiger partial charge < -0.3 is 10.0 Å². The van der Waals surface area contributed by atoms with Crippen LogP contribution in [0.15, 0.2) is 18.2 Å². The van der Waals surface area contributed by atoms with E-state index in [4.69, 9.17) is 0 Å². The van der Waals surface area contributed by atoms with E-state index in [1.165, 1.54) is 43.9 Å². The average molecular weight is 277 g/mol. The molecule has 0 amide bonds. The van der Waals surface area contributed by atoms with Gasteiger partial charge in [0.25, 0.3) is 0 Å². The zero-order chi connectivity index (χ0) is 14.3. The van der Waals surface area contributed by atoms with E-state index in [9.17, 15) is 14.3 Å². The molecule has 1 aromatic rings. The highest BCUT2D eigenvalue weighted by molar-refractivity contribution is 5.94. The lowest BCUT2D eigenvalue weighted by Crippen LogP contribution is -2.30. The minimum Gasteiger partial charge on any atom is -0.478 e. The molecule has 0 aliphatic heterocycles. The molecule has 3 nitrogen and oxygen atoms in total. The molecule has 0 spiro atoms. The number of hydrogen-bond donors (Lipinski definition) is 1. The fourth-order valence-electron chi connectivity index (χ4n) is 4.12. The van der Waals surface area contributed by atoms with Crippen molar-refractivity contribution in [2.75, 3.05) is 18.5 Å². The van der Waals surface area contributed by atoms with Crippen molar-refractivity contribution < 1.29 is 14.3 Å². The lowest BCUT2D eigenvalue weighted by atomic mass is 9.88. The van der Waals surface area contributed by atoms with Crippen LogP contribution in [0.4, 0.5) is 10.1 Å². The van der Waals surface area contributed by atoms with E-state index in [2.05, 4.69) is 0 Å². The number of carbonyl (C=O) groups is 1. The maximum Gasteiger partial charge on any atom is 0.337 e. The molecule has 2 aliphatic rings. The highest BCUT2D eigenvalue weighted by Gasteiger charge is 2.40. The molecule has 2 bridgehead atoms. The first kappa shape index (κ1) is 13.4. The maximum absolute atomic E-state index is 14.0. The second-order valence-corrected chi connectivity index (χ2v) is 6.26. The van der Waals surface area contributed by atoms with E-state index in [1.54, 1.807) is 11.9 Å². The summed E-state index contributed by atoms with van der Waals surface area (Å²) in [4.78, 5) is 13.0. The molecule has 0 radical (unpaired) electrons. The molecule has 2 fully saturated rings. The van der Waals surface area contributed by atoms with Gasteiger partial charge in [0.2, 0.25) is 0 Å². The van der Waals surface area contributed by atoms with Crippen LogP contribution < -0.4 is 4.90 Å². The Morgan fingerprint density at radius 2 is 2.20 bits per heavy atom. The van der Waals surface area contributed by atoms with Crippen LogP contribution in [0.2, 0.25) is 0 Å². The van der Waals surface area contributed by atoms with Crippen LogP contribution in [0.5, 0.6) is 0 Å². The summed E-state index contributed by atoms with van der Waals surface area (Å²) in [5, 5.41) is 9.21. The molecule has 3 rings (SSSR count). The Morgan fingerprint density at radius 3 is 2.80 bits per heavy atom. The molecular formula is C16H20FNO2. The summed E-state index contributed by atoms with van der Waals surface area (Å²) >= 11 is 0. The third-order valence-corrected chi connectivity index (χ3v) is 4.99. The summed E-state index contributed by atoms with van der Waals surface area (Å²) in [6, 6.07) is 4.25. The molecule has 4 heteroatoms. The van der Waals surface area contributed by atoms with Gasteiger partial charge in [-0.15, -0.1) is 0 Å². The highest BCUT2D eigenvalue weighted by atomic mass is 19.1. The number of anilines is 1. The van der Waals surface area contributed by atoms with Crippen LogP contribution in [-0.4, -0.2) is 24.7 Å². The maximum atomic E-state index is 14.0. The quantitative estimate of drug-likeness (QED) is 0.917. The van der Waals surface area contributed by atoms with Gasteiger partial charge in [-0.3, -0.25) is 0 Å². The average Bonchev–Trinajstić information content (AvgIpc) is 3.00. The van der Waals surface area contributed by atoms with E-state index >= 15 is 0 Å². The van der Waals surface area contributed by atoms with Crippen LogP contribution in [0.3, 0.4) is 0 Å². The second-order valence-electron chi connectivity index (χ2n) is 6.26. The largest absolute Gasteiger partial charge is 0.478 e. The van der Waals surface area contributed by atoms with Gasteiger partial charge in [-0.05, 0) is 49.1 Å². The third kappa shape index (κ3) is 2.28. The van der Waals surface area contributed by atoms with Crippen molar-refractivity contribution in [1.29, 1.82) is 0 Å². The molecule has 2 saturated carbocycles. The lowest BCUT2D eigenvalue weighted by molar-refractivity contribution is 0.0697. The third-order valence-electron chi connectivity index (χ3n) is 4.99. The van der Waals surface area contributed by atoms with Gasteiger partial charge in [-0.2, -0.15) is 0 Å². The summed E-state index contributed by atoms with van der Waals surface area (Å²) in [6.45, 7) is 0.752. The van der Waals surface area contributed by atoms with Crippen LogP contribution in [0.25, 0.3) is 0 Å². The molecule has 2 aliphatic carbocycles. The monoisotopic (exact) mass is 277 g/mol. The SMILES string of the molecule is CN(CC1CC2CCC1C2)c1c(F)cccc1C(=O)O. The van der Waals surface area contributed by atoms with E-state index in [0.717, 1.165) is 18.4 Å². The van der Waals surface area contributed by atoms with E-state index in [1.807, 2.05) is 0 Å². The summed E-state index contributed by atoms with van der Waals surface area (Å²) in [7, 11) is 1.80. The number of fused-ring (bicyclic) bond motifs is 2. The smallest absolute Gasteiger partial charge is 0.337 e. The molecule has 20 heavy (non-hydrogen) atoms. The van der Waals surface area contributed by atoms with E-state index < -0.39 is 11.8 Å². The molecule has 0 aromatic heterocycles. The molecule has 108 valence electrons. The number of halogens is 1. The summed E-state index contributed by atoms with van der Waals surface area (Å²) < 4.78 is 14.0.